The van der Waals surface area contributed by atoms with Crippen LogP contribution in [0, 0.1) is 6.92 Å². The van der Waals surface area contributed by atoms with Crippen LogP contribution in [-0.2, 0) is 6.54 Å². The molecule has 8 heteroatoms. The molecular weight excluding hydrogens is 272 g/mol. The standard InChI is InChI=1S/C11H13F2N5S/c1-6-4-8(10(12)13)16-17(6)5-9-14-15-11(19)18(9)7-2-3-7/h4,7,9-10H,2-3,5H2,1H3. The fraction of sp³-hybridized carbons (Fsp3) is 0.636. The van der Waals surface area contributed by atoms with Gasteiger partial charge in [-0.1, -0.05) is 0 Å². The van der Waals surface area contributed by atoms with E-state index in [1.54, 1.807) is 11.6 Å². The quantitative estimate of drug-likeness (QED) is 0.799. The number of halogens is 2. The van der Waals surface area contributed by atoms with Crippen LogP contribution in [0.25, 0.3) is 0 Å². The number of alkyl halides is 2. The molecule has 1 fully saturated rings. The second-order valence-corrected chi connectivity index (χ2v) is 5.18. The minimum absolute atomic E-state index is 0.201. The van der Waals surface area contributed by atoms with E-state index < -0.39 is 6.43 Å². The summed E-state index contributed by atoms with van der Waals surface area (Å²) < 4.78 is 26.8. The Hall–Kier alpha value is -1.44. The maximum absolute atomic E-state index is 12.6. The number of hydrogen-bond acceptors (Lipinski definition) is 3. The molecule has 102 valence electrons. The Bertz CT molecular complexity index is 537. The Morgan fingerprint density at radius 1 is 1.47 bits per heavy atom. The lowest BCUT2D eigenvalue weighted by molar-refractivity contribution is 0.144. The first-order chi connectivity index (χ1) is 9.06. The highest BCUT2D eigenvalue weighted by molar-refractivity contribution is 7.80. The molecule has 0 amide bonds. The zero-order valence-electron chi connectivity index (χ0n) is 10.3. The molecular formula is C11H13F2N5S. The first-order valence-corrected chi connectivity index (χ1v) is 6.52. The van der Waals surface area contributed by atoms with Crippen LogP contribution in [0.4, 0.5) is 8.78 Å². The number of aromatic nitrogens is 2. The third-order valence-corrected chi connectivity index (χ3v) is 3.61. The van der Waals surface area contributed by atoms with Crippen LogP contribution >= 0.6 is 12.2 Å². The molecule has 0 aromatic carbocycles. The summed E-state index contributed by atoms with van der Waals surface area (Å²) in [4.78, 5) is 1.98. The van der Waals surface area contributed by atoms with Gasteiger partial charge >= 0.3 is 0 Å². The molecule has 5 nitrogen and oxygen atoms in total. The van der Waals surface area contributed by atoms with Crippen molar-refractivity contribution in [2.75, 3.05) is 0 Å². The zero-order valence-corrected chi connectivity index (χ0v) is 11.1. The average Bonchev–Trinajstić information content (AvgIpc) is 3.03. The second kappa shape index (κ2) is 4.59. The van der Waals surface area contributed by atoms with Crippen molar-refractivity contribution in [3.63, 3.8) is 0 Å². The van der Waals surface area contributed by atoms with Crippen molar-refractivity contribution >= 4 is 17.3 Å². The summed E-state index contributed by atoms with van der Waals surface area (Å²) >= 11 is 5.15. The molecule has 1 aromatic heterocycles. The molecule has 1 aromatic rings. The second-order valence-electron chi connectivity index (χ2n) is 4.81. The summed E-state index contributed by atoms with van der Waals surface area (Å²) in [5.41, 5.74) is 0.493. The van der Waals surface area contributed by atoms with E-state index in [1.807, 2.05) is 4.90 Å². The number of rotatable bonds is 4. The molecule has 1 atom stereocenters. The normalized spacial score (nSPS) is 22.8. The Kier molecular flexibility index (Phi) is 3.04. The lowest BCUT2D eigenvalue weighted by Crippen LogP contribution is -2.37. The molecule has 0 bridgehead atoms. The van der Waals surface area contributed by atoms with Crippen molar-refractivity contribution < 1.29 is 8.78 Å². The summed E-state index contributed by atoms with van der Waals surface area (Å²) in [5.74, 6) is 0. The van der Waals surface area contributed by atoms with Gasteiger partial charge in [-0.15, -0.1) is 5.11 Å². The van der Waals surface area contributed by atoms with Gasteiger partial charge < -0.3 is 4.90 Å². The molecule has 2 aliphatic rings. The van der Waals surface area contributed by atoms with E-state index in [0.29, 0.717) is 23.4 Å². The van der Waals surface area contributed by atoms with E-state index in [9.17, 15) is 8.78 Å². The van der Waals surface area contributed by atoms with Crippen LogP contribution in [0.3, 0.4) is 0 Å². The fourth-order valence-corrected chi connectivity index (χ4v) is 2.53. The van der Waals surface area contributed by atoms with Gasteiger partial charge in [0.1, 0.15) is 5.69 Å². The number of hydrogen-bond donors (Lipinski definition) is 0. The van der Waals surface area contributed by atoms with Gasteiger partial charge in [-0.2, -0.15) is 10.2 Å². The van der Waals surface area contributed by atoms with Crippen molar-refractivity contribution in [1.82, 2.24) is 14.7 Å². The van der Waals surface area contributed by atoms with Gasteiger partial charge in [0.05, 0.1) is 6.54 Å². The van der Waals surface area contributed by atoms with Gasteiger partial charge in [0, 0.05) is 11.7 Å². The van der Waals surface area contributed by atoms with Gasteiger partial charge in [0.2, 0.25) is 5.11 Å². The molecule has 19 heavy (non-hydrogen) atoms. The lowest BCUT2D eigenvalue weighted by atomic mass is 10.3. The van der Waals surface area contributed by atoms with E-state index >= 15 is 0 Å². The van der Waals surface area contributed by atoms with Gasteiger partial charge in [-0.05, 0) is 38.0 Å². The molecule has 1 unspecified atom stereocenters. The van der Waals surface area contributed by atoms with Gasteiger partial charge in [-0.3, -0.25) is 4.68 Å². The topological polar surface area (TPSA) is 45.8 Å². The van der Waals surface area contributed by atoms with Crippen LogP contribution < -0.4 is 0 Å². The number of aryl methyl sites for hydroxylation is 1. The molecule has 0 saturated heterocycles. The summed E-state index contributed by atoms with van der Waals surface area (Å²) in [6.45, 7) is 2.16. The van der Waals surface area contributed by atoms with Crippen molar-refractivity contribution in [1.29, 1.82) is 0 Å². The number of nitrogens with zero attached hydrogens (tertiary/aromatic N) is 5. The van der Waals surface area contributed by atoms with E-state index in [2.05, 4.69) is 15.3 Å². The largest absolute Gasteiger partial charge is 0.318 e. The Morgan fingerprint density at radius 3 is 2.79 bits per heavy atom. The molecule has 0 spiro atoms. The summed E-state index contributed by atoms with van der Waals surface area (Å²) in [7, 11) is 0. The Balaban J connectivity index is 1.77. The highest BCUT2D eigenvalue weighted by Gasteiger charge is 2.39. The van der Waals surface area contributed by atoms with Gasteiger partial charge in [0.25, 0.3) is 6.43 Å². The molecule has 2 heterocycles. The highest BCUT2D eigenvalue weighted by Crippen LogP contribution is 2.33. The third kappa shape index (κ3) is 2.36. The lowest BCUT2D eigenvalue weighted by Gasteiger charge is -2.22. The predicted molar refractivity (Wildman–Crippen MR) is 68.0 cm³/mol. The third-order valence-electron chi connectivity index (χ3n) is 3.32. The average molecular weight is 285 g/mol. The van der Waals surface area contributed by atoms with Crippen LogP contribution in [0.15, 0.2) is 16.3 Å². The number of thiocarbonyl (C=S) groups is 1. The fourth-order valence-electron chi connectivity index (χ4n) is 2.21. The molecule has 0 radical (unpaired) electrons. The molecule has 1 saturated carbocycles. The summed E-state index contributed by atoms with van der Waals surface area (Å²) in [5, 5.41) is 12.4. The van der Waals surface area contributed by atoms with Crippen LogP contribution in [0.5, 0.6) is 0 Å². The summed E-state index contributed by atoms with van der Waals surface area (Å²) in [6, 6.07) is 1.80. The monoisotopic (exact) mass is 285 g/mol. The zero-order chi connectivity index (χ0) is 13.6. The minimum Gasteiger partial charge on any atom is -0.318 e. The Morgan fingerprint density at radius 2 is 2.21 bits per heavy atom. The SMILES string of the molecule is Cc1cc(C(F)F)nn1CC1N=NC(=S)N1C1CC1. The van der Waals surface area contributed by atoms with Gasteiger partial charge in [-0.25, -0.2) is 8.78 Å². The minimum atomic E-state index is -2.55. The highest BCUT2D eigenvalue weighted by atomic mass is 32.1. The van der Waals surface area contributed by atoms with E-state index in [0.717, 1.165) is 12.8 Å². The first-order valence-electron chi connectivity index (χ1n) is 6.12. The van der Waals surface area contributed by atoms with E-state index in [4.69, 9.17) is 12.2 Å². The van der Waals surface area contributed by atoms with Gasteiger partial charge in [0.15, 0.2) is 6.17 Å². The molecule has 3 rings (SSSR count). The maximum Gasteiger partial charge on any atom is 0.282 e. The number of azo groups is 1. The molecule has 1 aliphatic heterocycles. The van der Waals surface area contributed by atoms with Crippen molar-refractivity contribution in [3.05, 3.63) is 17.5 Å². The smallest absolute Gasteiger partial charge is 0.282 e. The first kappa shape index (κ1) is 12.6. The van der Waals surface area contributed by atoms with E-state index in [-0.39, 0.29) is 11.9 Å². The van der Waals surface area contributed by atoms with Crippen molar-refractivity contribution in [2.45, 2.75) is 44.9 Å². The maximum atomic E-state index is 12.6. The van der Waals surface area contributed by atoms with E-state index in [1.165, 1.54) is 6.07 Å². The molecule has 1 aliphatic carbocycles. The van der Waals surface area contributed by atoms with Crippen LogP contribution in [0.1, 0.15) is 30.7 Å². The van der Waals surface area contributed by atoms with Crippen molar-refractivity contribution in [3.8, 4) is 0 Å². The Labute approximate surface area is 114 Å². The van der Waals surface area contributed by atoms with Crippen LogP contribution in [-0.4, -0.2) is 32.0 Å². The van der Waals surface area contributed by atoms with Crippen LogP contribution in [0.2, 0.25) is 0 Å². The molecule has 0 N–H and O–H groups in total. The predicted octanol–water partition coefficient (Wildman–Crippen LogP) is 2.67. The summed E-state index contributed by atoms with van der Waals surface area (Å²) in [6.07, 6.45) is -0.598. The van der Waals surface area contributed by atoms with Crippen molar-refractivity contribution in [2.24, 2.45) is 10.2 Å².